The van der Waals surface area contributed by atoms with Crippen molar-refractivity contribution in [3.63, 3.8) is 0 Å². The van der Waals surface area contributed by atoms with E-state index in [-0.39, 0.29) is 22.8 Å². The van der Waals surface area contributed by atoms with Crippen LogP contribution >= 0.6 is 0 Å². The average molecular weight is 345 g/mol. The van der Waals surface area contributed by atoms with Crippen LogP contribution in [0.4, 0.5) is 0 Å². The molecule has 6 heteroatoms. The normalized spacial score (nSPS) is 15.9. The first-order chi connectivity index (χ1) is 12.0. The van der Waals surface area contributed by atoms with Crippen molar-refractivity contribution in [1.82, 2.24) is 4.90 Å². The number of hydrogen-bond acceptors (Lipinski definition) is 5. The number of rotatable bonds is 6. The average Bonchev–Trinajstić information content (AvgIpc) is 2.84. The van der Waals surface area contributed by atoms with Gasteiger partial charge >= 0.3 is 5.97 Å². The van der Waals surface area contributed by atoms with Crippen molar-refractivity contribution in [2.75, 3.05) is 20.8 Å². The number of amides is 1. The number of esters is 1. The van der Waals surface area contributed by atoms with Crippen molar-refractivity contribution < 1.29 is 24.2 Å². The van der Waals surface area contributed by atoms with E-state index in [0.717, 1.165) is 12.8 Å². The molecule has 0 saturated heterocycles. The van der Waals surface area contributed by atoms with E-state index in [2.05, 4.69) is 0 Å². The van der Waals surface area contributed by atoms with Gasteiger partial charge < -0.3 is 19.5 Å². The highest BCUT2D eigenvalue weighted by Crippen LogP contribution is 2.36. The molecular formula is C19H23NO5. The minimum atomic E-state index is -0.571. The first-order valence-electron chi connectivity index (χ1n) is 8.15. The highest BCUT2D eigenvalue weighted by Gasteiger charge is 2.36. The number of aromatic hydroxyl groups is 1. The predicted molar refractivity (Wildman–Crippen MR) is 94.0 cm³/mol. The zero-order valence-corrected chi connectivity index (χ0v) is 15.0. The number of ether oxygens (including phenoxy) is 2. The van der Waals surface area contributed by atoms with E-state index in [9.17, 15) is 14.7 Å². The van der Waals surface area contributed by atoms with Gasteiger partial charge in [0.2, 0.25) is 0 Å². The van der Waals surface area contributed by atoms with Crippen LogP contribution in [0, 0.1) is 0 Å². The van der Waals surface area contributed by atoms with Gasteiger partial charge in [0.1, 0.15) is 0 Å². The molecule has 1 heterocycles. The van der Waals surface area contributed by atoms with Crippen LogP contribution in [0.15, 0.2) is 35.0 Å². The Morgan fingerprint density at radius 3 is 2.64 bits per heavy atom. The Labute approximate surface area is 147 Å². The van der Waals surface area contributed by atoms with Crippen molar-refractivity contribution in [1.29, 1.82) is 0 Å². The molecule has 1 aromatic carbocycles. The number of benzene rings is 1. The van der Waals surface area contributed by atoms with Crippen molar-refractivity contribution in [3.8, 4) is 11.5 Å². The lowest BCUT2D eigenvalue weighted by atomic mass is 10.0. The topological polar surface area (TPSA) is 76.1 Å². The van der Waals surface area contributed by atoms with Crippen LogP contribution in [0.1, 0.15) is 32.3 Å². The largest absolute Gasteiger partial charge is 0.504 e. The quantitative estimate of drug-likeness (QED) is 0.634. The molecule has 6 nitrogen and oxygen atoms in total. The third-order valence-electron chi connectivity index (χ3n) is 4.19. The molecule has 0 unspecified atom stereocenters. The minimum Gasteiger partial charge on any atom is -0.504 e. The molecule has 25 heavy (non-hydrogen) atoms. The Morgan fingerprint density at radius 2 is 2.04 bits per heavy atom. The summed E-state index contributed by atoms with van der Waals surface area (Å²) in [6.07, 6.45) is 3.26. The molecular weight excluding hydrogens is 322 g/mol. The van der Waals surface area contributed by atoms with Crippen molar-refractivity contribution in [3.05, 3.63) is 40.6 Å². The number of unbranched alkanes of at least 4 members (excludes halogenated alkanes) is 1. The molecule has 0 aliphatic carbocycles. The van der Waals surface area contributed by atoms with Crippen LogP contribution in [0.3, 0.4) is 0 Å². The van der Waals surface area contributed by atoms with Crippen LogP contribution in [-0.4, -0.2) is 42.6 Å². The SMILES string of the molecule is CCCCN1C(=O)/C(=C\c2cccc(OC)c2O)C(C(=O)OC)=C1C. The van der Waals surface area contributed by atoms with Crippen LogP contribution < -0.4 is 4.74 Å². The number of para-hydroxylation sites is 1. The van der Waals surface area contributed by atoms with E-state index < -0.39 is 5.97 Å². The summed E-state index contributed by atoms with van der Waals surface area (Å²) in [7, 11) is 2.73. The summed E-state index contributed by atoms with van der Waals surface area (Å²) in [6, 6.07) is 4.97. The molecule has 0 fully saturated rings. The fourth-order valence-electron chi connectivity index (χ4n) is 2.79. The van der Waals surface area contributed by atoms with Gasteiger partial charge in [-0.25, -0.2) is 4.79 Å². The molecule has 2 rings (SSSR count). The van der Waals surface area contributed by atoms with E-state index >= 15 is 0 Å². The van der Waals surface area contributed by atoms with E-state index in [1.165, 1.54) is 20.3 Å². The van der Waals surface area contributed by atoms with Crippen LogP contribution in [0.5, 0.6) is 11.5 Å². The monoisotopic (exact) mass is 345 g/mol. The molecule has 0 saturated carbocycles. The second-order valence-electron chi connectivity index (χ2n) is 5.72. The first-order valence-corrected chi connectivity index (χ1v) is 8.15. The second kappa shape index (κ2) is 7.88. The van der Waals surface area contributed by atoms with E-state index in [0.29, 0.717) is 23.6 Å². The number of allylic oxidation sites excluding steroid dienone is 1. The summed E-state index contributed by atoms with van der Waals surface area (Å²) < 4.78 is 9.93. The van der Waals surface area contributed by atoms with Gasteiger partial charge in [-0.15, -0.1) is 0 Å². The van der Waals surface area contributed by atoms with Gasteiger partial charge in [-0.1, -0.05) is 25.5 Å². The molecule has 0 atom stereocenters. The highest BCUT2D eigenvalue weighted by molar-refractivity contribution is 6.16. The summed E-state index contributed by atoms with van der Waals surface area (Å²) in [6.45, 7) is 4.29. The van der Waals surface area contributed by atoms with E-state index in [1.807, 2.05) is 6.92 Å². The molecule has 1 N–H and O–H groups in total. The maximum absolute atomic E-state index is 12.8. The zero-order chi connectivity index (χ0) is 18.6. The Balaban J connectivity index is 2.54. The summed E-state index contributed by atoms with van der Waals surface area (Å²) in [5.74, 6) is -0.630. The van der Waals surface area contributed by atoms with Gasteiger partial charge in [-0.2, -0.15) is 0 Å². The van der Waals surface area contributed by atoms with Gasteiger partial charge in [0.25, 0.3) is 5.91 Å². The number of carbonyl (C=O) groups is 2. The van der Waals surface area contributed by atoms with Crippen LogP contribution in [0.25, 0.3) is 6.08 Å². The molecule has 0 bridgehead atoms. The fraction of sp³-hybridized carbons (Fsp3) is 0.368. The summed E-state index contributed by atoms with van der Waals surface area (Å²) in [4.78, 5) is 26.6. The highest BCUT2D eigenvalue weighted by atomic mass is 16.5. The Kier molecular flexibility index (Phi) is 5.85. The molecule has 1 aliphatic rings. The van der Waals surface area contributed by atoms with Gasteiger partial charge in [0.15, 0.2) is 11.5 Å². The number of phenolic OH excluding ortho intramolecular Hbond substituents is 1. The third-order valence-corrected chi connectivity index (χ3v) is 4.19. The summed E-state index contributed by atoms with van der Waals surface area (Å²) in [5.41, 5.74) is 1.41. The van der Waals surface area contributed by atoms with E-state index in [1.54, 1.807) is 30.0 Å². The molecule has 0 spiro atoms. The maximum atomic E-state index is 12.8. The minimum absolute atomic E-state index is 0.0841. The molecule has 1 aromatic rings. The lowest BCUT2D eigenvalue weighted by molar-refractivity contribution is -0.136. The summed E-state index contributed by atoms with van der Waals surface area (Å²) >= 11 is 0. The van der Waals surface area contributed by atoms with Crippen LogP contribution in [-0.2, 0) is 14.3 Å². The van der Waals surface area contributed by atoms with Crippen molar-refractivity contribution in [2.24, 2.45) is 0 Å². The van der Waals surface area contributed by atoms with Crippen molar-refractivity contribution in [2.45, 2.75) is 26.7 Å². The summed E-state index contributed by atoms with van der Waals surface area (Å²) in [5, 5.41) is 10.3. The molecule has 0 radical (unpaired) electrons. The van der Waals surface area contributed by atoms with Crippen molar-refractivity contribution >= 4 is 18.0 Å². The number of methoxy groups -OCH3 is 2. The maximum Gasteiger partial charge on any atom is 0.340 e. The molecule has 1 aliphatic heterocycles. The Morgan fingerprint density at radius 1 is 1.32 bits per heavy atom. The van der Waals surface area contributed by atoms with Gasteiger partial charge in [0, 0.05) is 17.8 Å². The Hall–Kier alpha value is -2.76. The molecule has 0 aromatic heterocycles. The molecule has 1 amide bonds. The smallest absolute Gasteiger partial charge is 0.340 e. The Bertz CT molecular complexity index is 748. The number of nitrogens with zero attached hydrogens (tertiary/aromatic N) is 1. The second-order valence-corrected chi connectivity index (χ2v) is 5.72. The third kappa shape index (κ3) is 3.52. The lowest BCUT2D eigenvalue weighted by Gasteiger charge is -2.17. The van der Waals surface area contributed by atoms with Crippen LogP contribution in [0.2, 0.25) is 0 Å². The predicted octanol–water partition coefficient (Wildman–Crippen LogP) is 2.87. The van der Waals surface area contributed by atoms with Gasteiger partial charge in [-0.3, -0.25) is 4.79 Å². The number of carbonyl (C=O) groups excluding carboxylic acids is 2. The lowest BCUT2D eigenvalue weighted by Crippen LogP contribution is -2.26. The van der Waals surface area contributed by atoms with E-state index in [4.69, 9.17) is 9.47 Å². The number of hydrogen-bond donors (Lipinski definition) is 1. The standard InChI is InChI=1S/C19H23NO5/c1-5-6-10-20-12(2)16(19(23)25-4)14(18(20)22)11-13-8-7-9-15(24-3)17(13)21/h7-9,11,21H,5-6,10H2,1-4H3/b14-11-. The number of phenols is 1. The first kappa shape index (κ1) is 18.6. The zero-order valence-electron chi connectivity index (χ0n) is 15.0. The van der Waals surface area contributed by atoms with Gasteiger partial charge in [-0.05, 0) is 25.5 Å². The molecule has 134 valence electrons. The fourth-order valence-corrected chi connectivity index (χ4v) is 2.79. The van der Waals surface area contributed by atoms with Gasteiger partial charge in [0.05, 0.1) is 25.4 Å².